The summed E-state index contributed by atoms with van der Waals surface area (Å²) in [6.45, 7) is 1.95. The number of thiophene rings is 1. The average molecular weight is 473 g/mol. The molecule has 158 valence electrons. The predicted octanol–water partition coefficient (Wildman–Crippen LogP) is 3.46. The number of benzene rings is 1. The summed E-state index contributed by atoms with van der Waals surface area (Å²) in [4.78, 5) is 54.0. The van der Waals surface area contributed by atoms with Gasteiger partial charge in [-0.1, -0.05) is 30.0 Å². The van der Waals surface area contributed by atoms with Gasteiger partial charge in [-0.15, -0.1) is 11.3 Å². The zero-order chi connectivity index (χ0) is 22.1. The molecule has 3 amide bonds. The maximum absolute atomic E-state index is 13.1. The number of carbonyl (C=O) groups excluding carboxylic acids is 4. The molecular formula is C21H16N2O5S3. The van der Waals surface area contributed by atoms with Crippen molar-refractivity contribution in [2.24, 2.45) is 0 Å². The molecule has 10 heteroatoms. The van der Waals surface area contributed by atoms with Gasteiger partial charge >= 0.3 is 5.97 Å². The van der Waals surface area contributed by atoms with Gasteiger partial charge in [-0.05, 0) is 48.7 Å². The van der Waals surface area contributed by atoms with E-state index < -0.39 is 23.8 Å². The zero-order valence-corrected chi connectivity index (χ0v) is 18.7. The van der Waals surface area contributed by atoms with Gasteiger partial charge in [0.1, 0.15) is 10.4 Å². The zero-order valence-electron chi connectivity index (χ0n) is 16.3. The highest BCUT2D eigenvalue weighted by Crippen LogP contribution is 2.37. The summed E-state index contributed by atoms with van der Waals surface area (Å²) < 4.78 is 5.19. The summed E-state index contributed by atoms with van der Waals surface area (Å²) >= 11 is 7.95. The lowest BCUT2D eigenvalue weighted by atomic mass is 10.2. The SMILES string of the molecule is CCOC(=O)c1ccc(N2C(=O)CC(N3C(=O)/C(=C\c4cccs4)SC3=S)C2=O)cc1. The molecule has 1 aromatic heterocycles. The molecule has 0 N–H and O–H groups in total. The Bertz CT molecular complexity index is 1110. The molecule has 2 fully saturated rings. The topological polar surface area (TPSA) is 84.0 Å². The lowest BCUT2D eigenvalue weighted by Gasteiger charge is -2.21. The molecule has 4 rings (SSSR count). The fraction of sp³-hybridized carbons (Fsp3) is 0.190. The van der Waals surface area contributed by atoms with Crippen LogP contribution < -0.4 is 4.90 Å². The van der Waals surface area contributed by atoms with Gasteiger partial charge in [-0.25, -0.2) is 9.69 Å². The first-order valence-electron chi connectivity index (χ1n) is 9.35. The number of carbonyl (C=O) groups is 4. The number of nitrogens with zero attached hydrogens (tertiary/aromatic N) is 2. The smallest absolute Gasteiger partial charge is 0.338 e. The predicted molar refractivity (Wildman–Crippen MR) is 123 cm³/mol. The molecular weight excluding hydrogens is 456 g/mol. The Balaban J connectivity index is 1.55. The lowest BCUT2D eigenvalue weighted by molar-refractivity contribution is -0.129. The minimum atomic E-state index is -0.987. The van der Waals surface area contributed by atoms with E-state index in [1.807, 2.05) is 17.5 Å². The Hall–Kier alpha value is -2.82. The molecule has 3 heterocycles. The molecule has 2 aromatic rings. The summed E-state index contributed by atoms with van der Waals surface area (Å²) in [5.74, 6) is -1.83. The quantitative estimate of drug-likeness (QED) is 0.285. The van der Waals surface area contributed by atoms with E-state index in [9.17, 15) is 19.2 Å². The molecule has 1 atom stereocenters. The fourth-order valence-corrected chi connectivity index (χ4v) is 5.38. The maximum Gasteiger partial charge on any atom is 0.338 e. The Morgan fingerprint density at radius 1 is 1.23 bits per heavy atom. The molecule has 0 bridgehead atoms. The monoisotopic (exact) mass is 472 g/mol. The van der Waals surface area contributed by atoms with Crippen molar-refractivity contribution in [2.75, 3.05) is 11.5 Å². The van der Waals surface area contributed by atoms with Crippen molar-refractivity contribution in [2.45, 2.75) is 19.4 Å². The van der Waals surface area contributed by atoms with E-state index in [-0.39, 0.29) is 23.3 Å². The number of imide groups is 1. The van der Waals surface area contributed by atoms with Crippen molar-refractivity contribution in [3.63, 3.8) is 0 Å². The summed E-state index contributed by atoms with van der Waals surface area (Å²) in [6.07, 6.45) is 1.58. The number of thioether (sulfide) groups is 1. The third-order valence-corrected chi connectivity index (χ3v) is 6.86. The van der Waals surface area contributed by atoms with Crippen molar-refractivity contribution < 1.29 is 23.9 Å². The highest BCUT2D eigenvalue weighted by atomic mass is 32.2. The summed E-state index contributed by atoms with van der Waals surface area (Å²) in [7, 11) is 0. The molecule has 0 saturated carbocycles. The van der Waals surface area contributed by atoms with Gasteiger partial charge in [0.25, 0.3) is 11.8 Å². The van der Waals surface area contributed by atoms with Gasteiger partial charge in [0, 0.05) is 4.88 Å². The number of ether oxygens (including phenoxy) is 1. The van der Waals surface area contributed by atoms with E-state index in [1.54, 1.807) is 13.0 Å². The number of anilines is 1. The summed E-state index contributed by atoms with van der Waals surface area (Å²) in [5, 5.41) is 1.90. The third-order valence-electron chi connectivity index (χ3n) is 4.71. The average Bonchev–Trinajstić information content (AvgIpc) is 3.42. The van der Waals surface area contributed by atoms with Crippen LogP contribution >= 0.6 is 35.3 Å². The van der Waals surface area contributed by atoms with Crippen LogP contribution in [0.5, 0.6) is 0 Å². The molecule has 0 aliphatic carbocycles. The number of hydrogen-bond donors (Lipinski definition) is 0. The van der Waals surface area contributed by atoms with E-state index >= 15 is 0 Å². The second-order valence-electron chi connectivity index (χ2n) is 6.62. The minimum absolute atomic E-state index is 0.156. The van der Waals surface area contributed by atoms with E-state index in [1.165, 1.54) is 40.5 Å². The molecule has 7 nitrogen and oxygen atoms in total. The minimum Gasteiger partial charge on any atom is -0.462 e. The van der Waals surface area contributed by atoms with Crippen molar-refractivity contribution in [3.05, 3.63) is 57.1 Å². The van der Waals surface area contributed by atoms with Crippen LogP contribution in [0.15, 0.2) is 46.7 Å². The van der Waals surface area contributed by atoms with Crippen LogP contribution in [0.3, 0.4) is 0 Å². The van der Waals surface area contributed by atoms with Gasteiger partial charge in [0.05, 0.1) is 29.2 Å². The Kier molecular flexibility index (Phi) is 6.03. The second-order valence-corrected chi connectivity index (χ2v) is 9.28. The van der Waals surface area contributed by atoms with Crippen molar-refractivity contribution in [1.82, 2.24) is 4.90 Å². The Morgan fingerprint density at radius 3 is 2.61 bits per heavy atom. The first-order chi connectivity index (χ1) is 14.9. The van der Waals surface area contributed by atoms with Crippen molar-refractivity contribution in [1.29, 1.82) is 0 Å². The first kappa shape index (κ1) is 21.4. The second kappa shape index (κ2) is 8.74. The van der Waals surface area contributed by atoms with Gasteiger partial charge < -0.3 is 4.74 Å². The highest BCUT2D eigenvalue weighted by Gasteiger charge is 2.48. The van der Waals surface area contributed by atoms with Crippen LogP contribution in [0.25, 0.3) is 6.08 Å². The van der Waals surface area contributed by atoms with Crippen LogP contribution in [0.4, 0.5) is 5.69 Å². The number of esters is 1. The van der Waals surface area contributed by atoms with Crippen LogP contribution in [-0.4, -0.2) is 45.6 Å². The third kappa shape index (κ3) is 4.06. The number of hydrogen-bond acceptors (Lipinski definition) is 8. The summed E-state index contributed by atoms with van der Waals surface area (Å²) in [6, 6.07) is 8.76. The fourth-order valence-electron chi connectivity index (χ4n) is 3.30. The van der Waals surface area contributed by atoms with E-state index in [4.69, 9.17) is 17.0 Å². The first-order valence-corrected chi connectivity index (χ1v) is 11.5. The molecule has 2 aliphatic heterocycles. The van der Waals surface area contributed by atoms with Gasteiger partial charge in [-0.3, -0.25) is 19.3 Å². The van der Waals surface area contributed by atoms with Crippen LogP contribution in [0.1, 0.15) is 28.6 Å². The number of amides is 3. The normalized spacial score (nSPS) is 20.3. The molecule has 1 unspecified atom stereocenters. The van der Waals surface area contributed by atoms with Gasteiger partial charge in [0.2, 0.25) is 5.91 Å². The van der Waals surface area contributed by atoms with E-state index in [0.29, 0.717) is 16.2 Å². The lowest BCUT2D eigenvalue weighted by Crippen LogP contribution is -2.44. The Labute approximate surface area is 191 Å². The van der Waals surface area contributed by atoms with Crippen LogP contribution in [0, 0.1) is 0 Å². The van der Waals surface area contributed by atoms with E-state index in [2.05, 4.69) is 0 Å². The van der Waals surface area contributed by atoms with Crippen LogP contribution in [-0.2, 0) is 19.1 Å². The molecule has 2 saturated heterocycles. The van der Waals surface area contributed by atoms with Crippen molar-refractivity contribution >= 4 is 75.1 Å². The van der Waals surface area contributed by atoms with Gasteiger partial charge in [0.15, 0.2) is 0 Å². The van der Waals surface area contributed by atoms with Crippen molar-refractivity contribution in [3.8, 4) is 0 Å². The molecule has 2 aliphatic rings. The molecule has 0 radical (unpaired) electrons. The molecule has 0 spiro atoms. The largest absolute Gasteiger partial charge is 0.462 e. The standard InChI is InChI=1S/C21H16N2O5S3/c1-2-28-20(27)12-5-7-13(8-6-12)22-17(24)11-15(18(22)25)23-19(26)16(31-21(23)29)10-14-4-3-9-30-14/h3-10,15H,2,11H2,1H3/b16-10+. The summed E-state index contributed by atoms with van der Waals surface area (Å²) in [5.41, 5.74) is 0.641. The molecule has 1 aromatic carbocycles. The number of thiocarbonyl (C=S) groups is 1. The van der Waals surface area contributed by atoms with Gasteiger partial charge in [-0.2, -0.15) is 0 Å². The molecule has 31 heavy (non-hydrogen) atoms. The van der Waals surface area contributed by atoms with E-state index in [0.717, 1.165) is 21.5 Å². The van der Waals surface area contributed by atoms with Crippen LogP contribution in [0.2, 0.25) is 0 Å². The maximum atomic E-state index is 13.1. The highest BCUT2D eigenvalue weighted by molar-refractivity contribution is 8.26. The number of rotatable bonds is 5. The Morgan fingerprint density at radius 2 is 1.97 bits per heavy atom.